The molecular weight excluding hydrogens is 597 g/mol. The standard InChI is InChI=1S/C45H34N4/c46-43(35-25-14-5-15-26-35)42(34-23-12-4-13-24-34)44-41-36(29-38(47-44)31-17-6-1-7-18-31)27-16-28-37(41)45-48-39(32-19-8-2-9-20-32)30-40(49-45)33-21-10-3-11-22-33/h1-30,45-48H/b44-42-,46-43?. The molecule has 0 bridgehead atoms. The van der Waals surface area contributed by atoms with E-state index >= 15 is 0 Å². The molecule has 234 valence electrons. The Morgan fingerprint density at radius 2 is 1.04 bits per heavy atom. The molecule has 0 aliphatic carbocycles. The van der Waals surface area contributed by atoms with Crippen LogP contribution < -0.4 is 10.6 Å². The summed E-state index contributed by atoms with van der Waals surface area (Å²) in [5.41, 5.74) is 13.2. The second-order valence-electron chi connectivity index (χ2n) is 12.1. The average molecular weight is 631 g/mol. The van der Waals surface area contributed by atoms with Crippen LogP contribution >= 0.6 is 0 Å². The Morgan fingerprint density at radius 3 is 1.65 bits per heavy atom. The summed E-state index contributed by atoms with van der Waals surface area (Å²) in [6, 6.07) is 57.8. The maximum Gasteiger partial charge on any atom is 0.146 e. The Bertz CT molecular complexity index is 2250. The Balaban J connectivity index is 1.38. The molecule has 4 nitrogen and oxygen atoms in total. The van der Waals surface area contributed by atoms with Crippen LogP contribution in [0.4, 0.5) is 0 Å². The third-order valence-corrected chi connectivity index (χ3v) is 8.94. The summed E-state index contributed by atoms with van der Waals surface area (Å²) in [6.07, 6.45) is 3.96. The molecule has 6 aromatic carbocycles. The average Bonchev–Trinajstić information content (AvgIpc) is 3.19. The zero-order valence-corrected chi connectivity index (χ0v) is 26.8. The topological polar surface area (TPSA) is 60.3 Å². The van der Waals surface area contributed by atoms with E-state index in [0.29, 0.717) is 5.71 Å². The SMILES string of the molecule is N=C(/C(=C1\NC(c2ccccc2)=Cc2cccc(C3N=C(c4ccccc4)C=C(c4ccccc4)N3)c21)c1ccccc1)c1ccccc1. The summed E-state index contributed by atoms with van der Waals surface area (Å²) in [5.74, 6) is 0. The fraction of sp³-hybridized carbons (Fsp3) is 0.0222. The maximum atomic E-state index is 9.71. The lowest BCUT2D eigenvalue weighted by atomic mass is 9.85. The molecule has 1 unspecified atom stereocenters. The second-order valence-corrected chi connectivity index (χ2v) is 12.1. The number of hydrogen-bond donors (Lipinski definition) is 3. The van der Waals surface area contributed by atoms with E-state index in [1.807, 2.05) is 66.7 Å². The minimum Gasteiger partial charge on any atom is -0.359 e. The third kappa shape index (κ3) is 6.04. The molecule has 0 radical (unpaired) electrons. The van der Waals surface area contributed by atoms with Gasteiger partial charge in [0.15, 0.2) is 0 Å². The van der Waals surface area contributed by atoms with Crippen molar-refractivity contribution in [3.63, 3.8) is 0 Å². The zero-order chi connectivity index (χ0) is 33.0. The van der Waals surface area contributed by atoms with Gasteiger partial charge in [-0.15, -0.1) is 0 Å². The fourth-order valence-corrected chi connectivity index (χ4v) is 6.58. The van der Waals surface area contributed by atoms with Gasteiger partial charge in [0.1, 0.15) is 6.17 Å². The predicted octanol–water partition coefficient (Wildman–Crippen LogP) is 9.86. The highest BCUT2D eigenvalue weighted by molar-refractivity contribution is 6.36. The highest BCUT2D eigenvalue weighted by Crippen LogP contribution is 2.41. The largest absolute Gasteiger partial charge is 0.359 e. The Morgan fingerprint density at radius 1 is 0.510 bits per heavy atom. The van der Waals surface area contributed by atoms with Gasteiger partial charge in [-0.2, -0.15) is 0 Å². The lowest BCUT2D eigenvalue weighted by Gasteiger charge is -2.31. The number of fused-ring (bicyclic) bond motifs is 1. The fourth-order valence-electron chi connectivity index (χ4n) is 6.58. The van der Waals surface area contributed by atoms with Crippen molar-refractivity contribution in [1.29, 1.82) is 5.41 Å². The van der Waals surface area contributed by atoms with Crippen LogP contribution in [-0.2, 0) is 0 Å². The van der Waals surface area contributed by atoms with E-state index in [4.69, 9.17) is 4.99 Å². The van der Waals surface area contributed by atoms with Gasteiger partial charge in [0.2, 0.25) is 0 Å². The van der Waals surface area contributed by atoms with Crippen molar-refractivity contribution in [1.82, 2.24) is 10.6 Å². The van der Waals surface area contributed by atoms with Crippen molar-refractivity contribution in [3.05, 3.63) is 220 Å². The summed E-state index contributed by atoms with van der Waals surface area (Å²) in [6.45, 7) is 0. The van der Waals surface area contributed by atoms with E-state index in [1.165, 1.54) is 0 Å². The summed E-state index contributed by atoms with van der Waals surface area (Å²) in [7, 11) is 0. The highest BCUT2D eigenvalue weighted by atomic mass is 15.1. The molecule has 49 heavy (non-hydrogen) atoms. The van der Waals surface area contributed by atoms with E-state index < -0.39 is 6.17 Å². The number of nitrogens with zero attached hydrogens (tertiary/aromatic N) is 1. The quantitative estimate of drug-likeness (QED) is 0.154. The molecule has 0 spiro atoms. The van der Waals surface area contributed by atoms with E-state index in [0.717, 1.165) is 72.9 Å². The van der Waals surface area contributed by atoms with Crippen molar-refractivity contribution in [2.75, 3.05) is 0 Å². The first-order valence-corrected chi connectivity index (χ1v) is 16.5. The van der Waals surface area contributed by atoms with Gasteiger partial charge in [-0.1, -0.05) is 170 Å². The minimum atomic E-state index is -0.392. The number of aliphatic imine (C=N–C) groups is 1. The molecule has 6 aromatic rings. The van der Waals surface area contributed by atoms with Gasteiger partial charge >= 0.3 is 0 Å². The molecule has 8 rings (SSSR count). The lowest BCUT2D eigenvalue weighted by Crippen LogP contribution is -2.28. The zero-order valence-electron chi connectivity index (χ0n) is 26.8. The van der Waals surface area contributed by atoms with Gasteiger partial charge < -0.3 is 10.6 Å². The van der Waals surface area contributed by atoms with Gasteiger partial charge in [-0.25, -0.2) is 0 Å². The van der Waals surface area contributed by atoms with Crippen LogP contribution in [0.5, 0.6) is 0 Å². The van der Waals surface area contributed by atoms with Crippen molar-refractivity contribution < 1.29 is 0 Å². The molecular formula is C45H34N4. The first-order valence-electron chi connectivity index (χ1n) is 16.5. The van der Waals surface area contributed by atoms with Crippen molar-refractivity contribution >= 4 is 40.2 Å². The second kappa shape index (κ2) is 13.3. The number of nitrogens with one attached hydrogen (secondary N) is 3. The lowest BCUT2D eigenvalue weighted by molar-refractivity contribution is 0.661. The van der Waals surface area contributed by atoms with Gasteiger partial charge in [0.25, 0.3) is 0 Å². The maximum absolute atomic E-state index is 9.71. The van der Waals surface area contributed by atoms with Crippen LogP contribution in [0, 0.1) is 5.41 Å². The van der Waals surface area contributed by atoms with Crippen LogP contribution in [0.25, 0.3) is 28.7 Å². The molecule has 2 heterocycles. The summed E-state index contributed by atoms with van der Waals surface area (Å²) in [5, 5.41) is 17.3. The van der Waals surface area contributed by atoms with Crippen molar-refractivity contribution in [3.8, 4) is 0 Å². The number of rotatable bonds is 7. The first kappa shape index (κ1) is 29.9. The molecule has 0 amide bonds. The van der Waals surface area contributed by atoms with E-state index in [2.05, 4.69) is 126 Å². The summed E-state index contributed by atoms with van der Waals surface area (Å²) < 4.78 is 0. The first-order chi connectivity index (χ1) is 24.2. The Kier molecular flexibility index (Phi) is 8.11. The molecule has 0 fully saturated rings. The highest BCUT2D eigenvalue weighted by Gasteiger charge is 2.30. The summed E-state index contributed by atoms with van der Waals surface area (Å²) in [4.78, 5) is 5.36. The minimum absolute atomic E-state index is 0.392. The molecule has 1 atom stereocenters. The van der Waals surface area contributed by atoms with Crippen LogP contribution in [0.3, 0.4) is 0 Å². The molecule has 2 aliphatic heterocycles. The van der Waals surface area contributed by atoms with Crippen LogP contribution in [-0.4, -0.2) is 11.4 Å². The van der Waals surface area contributed by atoms with E-state index in [9.17, 15) is 5.41 Å². The number of benzene rings is 6. The summed E-state index contributed by atoms with van der Waals surface area (Å²) >= 11 is 0. The van der Waals surface area contributed by atoms with Crippen molar-refractivity contribution in [2.45, 2.75) is 6.17 Å². The van der Waals surface area contributed by atoms with Crippen LogP contribution in [0.2, 0.25) is 0 Å². The normalized spacial score (nSPS) is 16.2. The van der Waals surface area contributed by atoms with Gasteiger partial charge in [0, 0.05) is 33.7 Å². The van der Waals surface area contributed by atoms with Gasteiger partial charge in [0.05, 0.1) is 17.1 Å². The monoisotopic (exact) mass is 630 g/mol. The molecule has 4 heteroatoms. The van der Waals surface area contributed by atoms with Gasteiger partial charge in [-0.3, -0.25) is 10.4 Å². The predicted molar refractivity (Wildman–Crippen MR) is 204 cm³/mol. The molecule has 0 saturated carbocycles. The molecule has 0 aromatic heterocycles. The Labute approximate surface area is 287 Å². The molecule has 0 saturated heterocycles. The van der Waals surface area contributed by atoms with E-state index in [1.54, 1.807) is 0 Å². The van der Waals surface area contributed by atoms with Gasteiger partial charge in [-0.05, 0) is 40.0 Å². The molecule has 2 aliphatic rings. The number of allylic oxidation sites excluding steroid dienone is 2. The van der Waals surface area contributed by atoms with Crippen LogP contribution in [0.1, 0.15) is 50.7 Å². The van der Waals surface area contributed by atoms with E-state index in [-0.39, 0.29) is 0 Å². The van der Waals surface area contributed by atoms with Crippen LogP contribution in [0.15, 0.2) is 181 Å². The molecule has 3 N–H and O–H groups in total. The third-order valence-electron chi connectivity index (χ3n) is 8.94. The van der Waals surface area contributed by atoms with Crippen molar-refractivity contribution in [2.24, 2.45) is 4.99 Å². The number of hydrogen-bond acceptors (Lipinski definition) is 4. The Hall–Kier alpha value is -6.52. The smallest absolute Gasteiger partial charge is 0.146 e.